The maximum absolute atomic E-state index is 4.49. The lowest BCUT2D eigenvalue weighted by Crippen LogP contribution is -2.21. The van der Waals surface area contributed by atoms with Crippen molar-refractivity contribution in [1.82, 2.24) is 24.6 Å². The van der Waals surface area contributed by atoms with Gasteiger partial charge >= 0.3 is 0 Å². The molecule has 0 fully saturated rings. The maximum atomic E-state index is 4.49. The van der Waals surface area contributed by atoms with Gasteiger partial charge in [0.25, 0.3) is 0 Å². The van der Waals surface area contributed by atoms with E-state index in [1.807, 2.05) is 31.0 Å². The van der Waals surface area contributed by atoms with E-state index >= 15 is 0 Å². The Bertz CT molecular complexity index is 842. The second-order valence-corrected chi connectivity index (χ2v) is 6.63. The zero-order valence-electron chi connectivity index (χ0n) is 15.7. The Morgan fingerprint density at radius 1 is 1.12 bits per heavy atom. The van der Waals surface area contributed by atoms with Crippen molar-refractivity contribution < 1.29 is 0 Å². The Balaban J connectivity index is 1.60. The van der Waals surface area contributed by atoms with E-state index in [2.05, 4.69) is 65.0 Å². The predicted molar refractivity (Wildman–Crippen MR) is 101 cm³/mol. The van der Waals surface area contributed by atoms with Gasteiger partial charge in [0.1, 0.15) is 5.82 Å². The standard InChI is InChI=1S/C20H27N5/c1-14(21-11-10-20-15(2)23-24(5)16(20)3)18-6-8-19(9-7-18)25-13-12-22-17(25)4/h6-9,12-14,21H,10-11H2,1-5H3/t14-/m0/s1. The summed E-state index contributed by atoms with van der Waals surface area (Å²) in [5, 5.41) is 8.11. The fourth-order valence-corrected chi connectivity index (χ4v) is 3.29. The number of imidazole rings is 1. The van der Waals surface area contributed by atoms with Crippen LogP contribution in [0.5, 0.6) is 0 Å². The van der Waals surface area contributed by atoms with Crippen molar-refractivity contribution in [3.8, 4) is 5.69 Å². The second-order valence-electron chi connectivity index (χ2n) is 6.63. The number of hydrogen-bond donors (Lipinski definition) is 1. The Morgan fingerprint density at radius 2 is 1.84 bits per heavy atom. The molecule has 1 N–H and O–H groups in total. The molecule has 2 aromatic heterocycles. The lowest BCUT2D eigenvalue weighted by molar-refractivity contribution is 0.575. The fraction of sp³-hybridized carbons (Fsp3) is 0.400. The van der Waals surface area contributed by atoms with E-state index in [1.54, 1.807) is 0 Å². The van der Waals surface area contributed by atoms with Gasteiger partial charge in [-0.15, -0.1) is 0 Å². The van der Waals surface area contributed by atoms with Crippen molar-refractivity contribution in [3.05, 3.63) is 65.0 Å². The number of rotatable bonds is 6. The summed E-state index contributed by atoms with van der Waals surface area (Å²) in [6.45, 7) is 9.38. The number of aryl methyl sites for hydroxylation is 3. The van der Waals surface area contributed by atoms with Gasteiger partial charge in [-0.05, 0) is 63.9 Å². The zero-order valence-corrected chi connectivity index (χ0v) is 15.7. The maximum Gasteiger partial charge on any atom is 0.110 e. The van der Waals surface area contributed by atoms with Crippen LogP contribution in [0, 0.1) is 20.8 Å². The van der Waals surface area contributed by atoms with E-state index < -0.39 is 0 Å². The van der Waals surface area contributed by atoms with Crippen LogP contribution in [0.15, 0.2) is 36.7 Å². The van der Waals surface area contributed by atoms with Crippen LogP contribution in [0.4, 0.5) is 0 Å². The quantitative estimate of drug-likeness (QED) is 0.750. The third-order valence-corrected chi connectivity index (χ3v) is 4.98. The van der Waals surface area contributed by atoms with Crippen molar-refractivity contribution in [2.75, 3.05) is 6.54 Å². The van der Waals surface area contributed by atoms with E-state index in [9.17, 15) is 0 Å². The van der Waals surface area contributed by atoms with Crippen LogP contribution in [0.1, 0.15) is 41.3 Å². The zero-order chi connectivity index (χ0) is 18.0. The van der Waals surface area contributed by atoms with Crippen molar-refractivity contribution >= 4 is 0 Å². The van der Waals surface area contributed by atoms with E-state index in [4.69, 9.17) is 0 Å². The third-order valence-electron chi connectivity index (χ3n) is 4.98. The van der Waals surface area contributed by atoms with Crippen LogP contribution in [0.25, 0.3) is 5.69 Å². The molecule has 0 saturated heterocycles. The van der Waals surface area contributed by atoms with Gasteiger partial charge in [-0.2, -0.15) is 5.10 Å². The summed E-state index contributed by atoms with van der Waals surface area (Å²) >= 11 is 0. The van der Waals surface area contributed by atoms with Gasteiger partial charge in [-0.1, -0.05) is 12.1 Å². The summed E-state index contributed by atoms with van der Waals surface area (Å²) < 4.78 is 4.06. The van der Waals surface area contributed by atoms with Gasteiger partial charge < -0.3 is 9.88 Å². The number of nitrogens with zero attached hydrogens (tertiary/aromatic N) is 4. The van der Waals surface area contributed by atoms with Gasteiger partial charge in [0.05, 0.1) is 5.69 Å². The van der Waals surface area contributed by atoms with Gasteiger partial charge in [0.15, 0.2) is 0 Å². The molecule has 25 heavy (non-hydrogen) atoms. The van der Waals surface area contributed by atoms with Gasteiger partial charge in [-0.25, -0.2) is 4.98 Å². The Morgan fingerprint density at radius 3 is 2.40 bits per heavy atom. The highest BCUT2D eigenvalue weighted by Crippen LogP contribution is 2.17. The molecule has 0 saturated carbocycles. The fourth-order valence-electron chi connectivity index (χ4n) is 3.29. The molecule has 0 unspecified atom stereocenters. The molecule has 5 nitrogen and oxygen atoms in total. The minimum absolute atomic E-state index is 0.315. The highest BCUT2D eigenvalue weighted by molar-refractivity contribution is 5.36. The highest BCUT2D eigenvalue weighted by Gasteiger charge is 2.10. The van der Waals surface area contributed by atoms with Gasteiger partial charge in [0.2, 0.25) is 0 Å². The molecule has 132 valence electrons. The average molecular weight is 337 g/mol. The molecule has 1 aromatic carbocycles. The summed E-state index contributed by atoms with van der Waals surface area (Å²) in [6, 6.07) is 8.99. The predicted octanol–water partition coefficient (Wildman–Crippen LogP) is 3.42. The van der Waals surface area contributed by atoms with E-state index in [1.165, 1.54) is 16.8 Å². The summed E-state index contributed by atoms with van der Waals surface area (Å²) in [4.78, 5) is 4.28. The molecule has 0 amide bonds. The summed E-state index contributed by atoms with van der Waals surface area (Å²) in [7, 11) is 2.01. The molecular weight excluding hydrogens is 310 g/mol. The molecule has 2 heterocycles. The minimum atomic E-state index is 0.315. The van der Waals surface area contributed by atoms with Crippen LogP contribution in [-0.2, 0) is 13.5 Å². The molecule has 1 atom stereocenters. The number of nitrogens with one attached hydrogen (secondary N) is 1. The largest absolute Gasteiger partial charge is 0.310 e. The molecule has 3 aromatic rings. The summed E-state index contributed by atoms with van der Waals surface area (Å²) in [5.41, 5.74) is 6.18. The normalized spacial score (nSPS) is 12.5. The molecule has 0 aliphatic heterocycles. The molecule has 0 radical (unpaired) electrons. The van der Waals surface area contributed by atoms with Crippen LogP contribution in [-0.4, -0.2) is 25.9 Å². The summed E-state index contributed by atoms with van der Waals surface area (Å²) in [6.07, 6.45) is 4.82. The first-order valence-electron chi connectivity index (χ1n) is 8.80. The Kier molecular flexibility index (Phi) is 5.04. The topological polar surface area (TPSA) is 47.7 Å². The Labute approximate surface area is 149 Å². The SMILES string of the molecule is Cc1nn(C)c(C)c1CCN[C@@H](C)c1ccc(-n2ccnc2C)cc1. The molecule has 0 aliphatic rings. The molecule has 5 heteroatoms. The first kappa shape index (κ1) is 17.4. The lowest BCUT2D eigenvalue weighted by Gasteiger charge is -2.15. The first-order valence-corrected chi connectivity index (χ1v) is 8.80. The van der Waals surface area contributed by atoms with E-state index in [-0.39, 0.29) is 0 Å². The average Bonchev–Trinajstić information content (AvgIpc) is 3.13. The minimum Gasteiger partial charge on any atom is -0.310 e. The van der Waals surface area contributed by atoms with Crippen molar-refractivity contribution in [1.29, 1.82) is 0 Å². The van der Waals surface area contributed by atoms with Crippen molar-refractivity contribution in [2.24, 2.45) is 7.05 Å². The number of hydrogen-bond acceptors (Lipinski definition) is 3. The monoisotopic (exact) mass is 337 g/mol. The first-order chi connectivity index (χ1) is 12.0. The summed E-state index contributed by atoms with van der Waals surface area (Å²) in [5.74, 6) is 1.00. The molecule has 0 spiro atoms. The van der Waals surface area contributed by atoms with Crippen LogP contribution < -0.4 is 5.32 Å². The van der Waals surface area contributed by atoms with Crippen molar-refractivity contribution in [2.45, 2.75) is 40.2 Å². The molecular formula is C20H27N5. The molecule has 0 aliphatic carbocycles. The second kappa shape index (κ2) is 7.23. The van der Waals surface area contributed by atoms with Crippen LogP contribution >= 0.6 is 0 Å². The van der Waals surface area contributed by atoms with Crippen LogP contribution in [0.2, 0.25) is 0 Å². The lowest BCUT2D eigenvalue weighted by atomic mass is 10.1. The third kappa shape index (κ3) is 3.66. The van der Waals surface area contributed by atoms with Gasteiger partial charge in [0, 0.05) is 36.9 Å². The number of aromatic nitrogens is 4. The Hall–Kier alpha value is -2.40. The number of benzene rings is 1. The van der Waals surface area contributed by atoms with Crippen LogP contribution in [0.3, 0.4) is 0 Å². The smallest absolute Gasteiger partial charge is 0.110 e. The van der Waals surface area contributed by atoms with E-state index in [0.717, 1.165) is 30.2 Å². The molecule has 0 bridgehead atoms. The highest BCUT2D eigenvalue weighted by atomic mass is 15.3. The van der Waals surface area contributed by atoms with E-state index in [0.29, 0.717) is 6.04 Å². The van der Waals surface area contributed by atoms with Crippen molar-refractivity contribution in [3.63, 3.8) is 0 Å². The van der Waals surface area contributed by atoms with Gasteiger partial charge in [-0.3, -0.25) is 4.68 Å². The molecule has 3 rings (SSSR count).